The molecule has 0 N–H and O–H groups in total. The standard InChI is InChI=1S/C42H23N3S2/c1-2-13-25(14-3-1)36-35-29-18-8-6-16-27(29)28-17-7-9-19-30(28)37(35)44-42(43-36)45-32-21-11-10-20-31(32)39-38(45)41-40(47-39)34-26-15-5-4-12-24(26)22-23-33(34)46-41/h1-23H. The van der Waals surface area contributed by atoms with E-state index in [1.165, 1.54) is 62.0 Å². The maximum absolute atomic E-state index is 5.53. The first-order valence-corrected chi connectivity index (χ1v) is 17.4. The highest BCUT2D eigenvalue weighted by Gasteiger charge is 2.25. The Hall–Kier alpha value is -5.62. The minimum atomic E-state index is 0.699. The molecule has 0 saturated carbocycles. The van der Waals surface area contributed by atoms with E-state index < -0.39 is 0 Å². The molecule has 5 heteroatoms. The fraction of sp³-hybridized carbons (Fsp3) is 0. The van der Waals surface area contributed by atoms with Crippen molar-refractivity contribution in [2.45, 2.75) is 0 Å². The molecule has 0 radical (unpaired) electrons. The zero-order chi connectivity index (χ0) is 30.6. The first-order chi connectivity index (χ1) is 23.3. The zero-order valence-electron chi connectivity index (χ0n) is 24.9. The summed E-state index contributed by atoms with van der Waals surface area (Å²) in [4.78, 5) is 11.1. The molecule has 11 rings (SSSR count). The summed E-state index contributed by atoms with van der Waals surface area (Å²) in [5.41, 5.74) is 5.33. The molecule has 0 aliphatic rings. The molecule has 0 bridgehead atoms. The molecule has 0 amide bonds. The smallest absolute Gasteiger partial charge is 0.235 e. The van der Waals surface area contributed by atoms with Gasteiger partial charge >= 0.3 is 0 Å². The molecule has 4 aromatic heterocycles. The molecule has 0 aliphatic carbocycles. The number of para-hydroxylation sites is 1. The third-order valence-electron chi connectivity index (χ3n) is 9.60. The van der Waals surface area contributed by atoms with Crippen LogP contribution in [0, 0.1) is 0 Å². The van der Waals surface area contributed by atoms with E-state index in [1.54, 1.807) is 0 Å². The van der Waals surface area contributed by atoms with Crippen molar-refractivity contribution < 1.29 is 0 Å². The van der Waals surface area contributed by atoms with Gasteiger partial charge in [0, 0.05) is 31.8 Å². The van der Waals surface area contributed by atoms with Crippen LogP contribution in [-0.4, -0.2) is 14.5 Å². The van der Waals surface area contributed by atoms with Gasteiger partial charge < -0.3 is 0 Å². The summed E-state index contributed by atoms with van der Waals surface area (Å²) in [7, 11) is 0. The minimum absolute atomic E-state index is 0.699. The molecule has 0 unspecified atom stereocenters. The summed E-state index contributed by atoms with van der Waals surface area (Å²) in [5.74, 6) is 0.699. The van der Waals surface area contributed by atoms with E-state index >= 15 is 0 Å². The third-order valence-corrected chi connectivity index (χ3v) is 12.1. The van der Waals surface area contributed by atoms with Crippen LogP contribution in [0.2, 0.25) is 0 Å². The van der Waals surface area contributed by atoms with Gasteiger partial charge in [0.2, 0.25) is 5.95 Å². The van der Waals surface area contributed by atoms with E-state index in [4.69, 9.17) is 9.97 Å². The lowest BCUT2D eigenvalue weighted by Crippen LogP contribution is -2.04. The second kappa shape index (κ2) is 9.46. The van der Waals surface area contributed by atoms with E-state index in [0.29, 0.717) is 5.95 Å². The number of benzene rings is 7. The maximum atomic E-state index is 5.53. The minimum Gasteiger partial charge on any atom is -0.276 e. The molecule has 0 saturated heterocycles. The molecule has 3 nitrogen and oxygen atoms in total. The van der Waals surface area contributed by atoms with E-state index in [1.807, 2.05) is 22.7 Å². The predicted octanol–water partition coefficient (Wildman–Crippen LogP) is 12.3. The highest BCUT2D eigenvalue weighted by atomic mass is 32.1. The lowest BCUT2D eigenvalue weighted by molar-refractivity contribution is 1.02. The first kappa shape index (κ1) is 25.6. The van der Waals surface area contributed by atoms with E-state index in [9.17, 15) is 0 Å². The molecule has 7 aromatic carbocycles. The molecule has 218 valence electrons. The van der Waals surface area contributed by atoms with Crippen LogP contribution in [0.3, 0.4) is 0 Å². The Kier molecular flexibility index (Phi) is 5.14. The summed E-state index contributed by atoms with van der Waals surface area (Å²) in [6, 6.07) is 49.9. The van der Waals surface area contributed by atoms with Crippen LogP contribution in [-0.2, 0) is 0 Å². The Morgan fingerprint density at radius 3 is 1.94 bits per heavy atom. The van der Waals surface area contributed by atoms with Crippen molar-refractivity contribution in [2.75, 3.05) is 0 Å². The normalized spacial score (nSPS) is 12.3. The van der Waals surface area contributed by atoms with Gasteiger partial charge in [-0.15, -0.1) is 22.7 Å². The lowest BCUT2D eigenvalue weighted by Gasteiger charge is -2.15. The average molecular weight is 634 g/mol. The molecular formula is C42H23N3S2. The monoisotopic (exact) mass is 633 g/mol. The molecule has 11 aromatic rings. The summed E-state index contributed by atoms with van der Waals surface area (Å²) in [6.07, 6.45) is 0. The van der Waals surface area contributed by atoms with Crippen molar-refractivity contribution in [1.29, 1.82) is 0 Å². The van der Waals surface area contributed by atoms with Crippen LogP contribution in [0.25, 0.3) is 101 Å². The molecule has 0 aliphatic heterocycles. The SMILES string of the molecule is c1ccc(-c2nc(-n3c4ccccc4c4sc5c(sc6ccc7ccccc7c65)c43)nc3c4ccccc4c4ccccc4c23)cc1. The largest absolute Gasteiger partial charge is 0.276 e. The van der Waals surface area contributed by atoms with Crippen molar-refractivity contribution in [3.05, 3.63) is 140 Å². The van der Waals surface area contributed by atoms with Crippen LogP contribution in [0.1, 0.15) is 0 Å². The Labute approximate surface area is 276 Å². The number of rotatable bonds is 2. The molecular weight excluding hydrogens is 611 g/mol. The Balaban J connectivity index is 1.35. The number of hydrogen-bond acceptors (Lipinski definition) is 4. The van der Waals surface area contributed by atoms with Crippen LogP contribution in [0.15, 0.2) is 140 Å². The van der Waals surface area contributed by atoms with Crippen LogP contribution in [0.4, 0.5) is 0 Å². The Morgan fingerprint density at radius 2 is 1.11 bits per heavy atom. The number of aromatic nitrogens is 3. The molecule has 4 heterocycles. The van der Waals surface area contributed by atoms with Gasteiger partial charge in [-0.05, 0) is 39.1 Å². The zero-order valence-corrected chi connectivity index (χ0v) is 26.6. The van der Waals surface area contributed by atoms with E-state index in [-0.39, 0.29) is 0 Å². The summed E-state index contributed by atoms with van der Waals surface area (Å²) >= 11 is 3.78. The fourth-order valence-electron chi connectivity index (χ4n) is 7.59. The second-order valence-corrected chi connectivity index (χ2v) is 14.2. The van der Waals surface area contributed by atoms with Crippen molar-refractivity contribution >= 4 is 106 Å². The van der Waals surface area contributed by atoms with Gasteiger partial charge in [-0.25, -0.2) is 9.97 Å². The van der Waals surface area contributed by atoms with Gasteiger partial charge in [-0.2, -0.15) is 0 Å². The molecule has 47 heavy (non-hydrogen) atoms. The van der Waals surface area contributed by atoms with Gasteiger partial charge in [0.25, 0.3) is 0 Å². The van der Waals surface area contributed by atoms with Gasteiger partial charge in [-0.1, -0.05) is 127 Å². The maximum Gasteiger partial charge on any atom is 0.235 e. The van der Waals surface area contributed by atoms with Crippen molar-refractivity contribution in [3.63, 3.8) is 0 Å². The molecule has 0 atom stereocenters. The summed E-state index contributed by atoms with van der Waals surface area (Å²) < 4.78 is 7.56. The van der Waals surface area contributed by atoms with Crippen molar-refractivity contribution in [2.24, 2.45) is 0 Å². The van der Waals surface area contributed by atoms with Gasteiger partial charge in [0.05, 0.1) is 36.3 Å². The number of thiophene rings is 2. The lowest BCUT2D eigenvalue weighted by atomic mass is 9.94. The van der Waals surface area contributed by atoms with Gasteiger partial charge in [0.1, 0.15) is 0 Å². The average Bonchev–Trinajstić information content (AvgIpc) is 3.79. The van der Waals surface area contributed by atoms with Crippen molar-refractivity contribution in [3.8, 4) is 17.2 Å². The highest BCUT2D eigenvalue weighted by molar-refractivity contribution is 7.37. The van der Waals surface area contributed by atoms with Gasteiger partial charge in [0.15, 0.2) is 0 Å². The second-order valence-electron chi connectivity index (χ2n) is 12.1. The third kappa shape index (κ3) is 3.45. The summed E-state index contributed by atoms with van der Waals surface area (Å²) in [6.45, 7) is 0. The summed E-state index contributed by atoms with van der Waals surface area (Å²) in [5, 5.41) is 11.0. The van der Waals surface area contributed by atoms with Crippen LogP contribution in [0.5, 0.6) is 0 Å². The first-order valence-electron chi connectivity index (χ1n) is 15.8. The number of hydrogen-bond donors (Lipinski definition) is 0. The number of fused-ring (bicyclic) bond motifs is 15. The fourth-order valence-corrected chi connectivity index (χ4v) is 10.4. The quantitative estimate of drug-likeness (QED) is 0.177. The van der Waals surface area contributed by atoms with Crippen LogP contribution >= 0.6 is 22.7 Å². The predicted molar refractivity (Wildman–Crippen MR) is 203 cm³/mol. The van der Waals surface area contributed by atoms with E-state index in [0.717, 1.165) is 33.1 Å². The molecule has 0 fully saturated rings. The van der Waals surface area contributed by atoms with E-state index in [2.05, 4.69) is 144 Å². The topological polar surface area (TPSA) is 30.7 Å². The number of nitrogens with zero attached hydrogens (tertiary/aromatic N) is 3. The molecule has 0 spiro atoms. The highest BCUT2D eigenvalue weighted by Crippen LogP contribution is 2.50. The Morgan fingerprint density at radius 1 is 0.447 bits per heavy atom. The Bertz CT molecular complexity index is 3070. The van der Waals surface area contributed by atoms with Crippen LogP contribution < -0.4 is 0 Å². The van der Waals surface area contributed by atoms with Gasteiger partial charge in [-0.3, -0.25) is 4.57 Å². The van der Waals surface area contributed by atoms with Crippen molar-refractivity contribution in [1.82, 2.24) is 14.5 Å².